The van der Waals surface area contributed by atoms with E-state index in [9.17, 15) is 13.6 Å². The lowest BCUT2D eigenvalue weighted by molar-refractivity contribution is 0.1000. The number of nitrogens with two attached hydrogens (primary N) is 1. The van der Waals surface area contributed by atoms with Crippen LogP contribution in [0.5, 0.6) is 0 Å². The minimum atomic E-state index is -2.18. The molecule has 1 aromatic heterocycles. The number of primary amides is 1. The monoisotopic (exact) mass is 220 g/mol. The van der Waals surface area contributed by atoms with Crippen LogP contribution in [0.3, 0.4) is 0 Å². The van der Waals surface area contributed by atoms with Gasteiger partial charge < -0.3 is 15.6 Å². The summed E-state index contributed by atoms with van der Waals surface area (Å²) in [5, 5.41) is 4.17. The largest absolute Gasteiger partial charge is 0.771 e. The first-order valence-electron chi connectivity index (χ1n) is 3.14. The average Bonchev–Trinajstić information content (AvgIpc) is 2.48. The fourth-order valence-corrected chi connectivity index (χ4v) is 1.49. The minimum absolute atomic E-state index is 0.152. The van der Waals surface area contributed by atoms with Crippen molar-refractivity contribution in [1.29, 1.82) is 0 Å². The van der Waals surface area contributed by atoms with Crippen LogP contribution in [-0.2, 0) is 11.1 Å². The molecule has 0 aliphatic carbocycles. The first-order valence-corrected chi connectivity index (χ1v) is 5.27. The van der Waals surface area contributed by atoms with Crippen LogP contribution in [0.1, 0.15) is 9.80 Å². The van der Waals surface area contributed by atoms with E-state index in [0.717, 1.165) is 11.3 Å². The maximum Gasteiger partial charge on any atom is 0.277 e. The van der Waals surface area contributed by atoms with Gasteiger partial charge in [0.05, 0.1) is 5.88 Å². The van der Waals surface area contributed by atoms with Crippen molar-refractivity contribution in [3.8, 4) is 0 Å². The normalized spacial score (nSPS) is 12.4. The zero-order valence-electron chi connectivity index (χ0n) is 6.35. The second kappa shape index (κ2) is 4.30. The number of nitrogens with zero attached hydrogens (tertiary/aromatic N) is 1. The van der Waals surface area contributed by atoms with Crippen LogP contribution in [-0.4, -0.2) is 25.5 Å². The zero-order chi connectivity index (χ0) is 9.84. The quantitative estimate of drug-likeness (QED) is 0.664. The summed E-state index contributed by atoms with van der Waals surface area (Å²) < 4.78 is 20.3. The summed E-state index contributed by atoms with van der Waals surface area (Å²) in [5.74, 6) is -0.522. The molecule has 1 aromatic rings. The van der Waals surface area contributed by atoms with Gasteiger partial charge >= 0.3 is 0 Å². The number of hydrogen-bond donors (Lipinski definition) is 2. The van der Waals surface area contributed by atoms with Crippen LogP contribution >= 0.6 is 11.3 Å². The van der Waals surface area contributed by atoms with Gasteiger partial charge in [-0.1, -0.05) is 0 Å². The van der Waals surface area contributed by atoms with E-state index in [-0.39, 0.29) is 10.9 Å². The second-order valence-corrected chi connectivity index (χ2v) is 3.78. The van der Waals surface area contributed by atoms with Gasteiger partial charge in [-0.2, -0.15) is 0 Å². The van der Waals surface area contributed by atoms with Crippen molar-refractivity contribution in [3.05, 3.63) is 10.4 Å². The predicted molar refractivity (Wildman–Crippen MR) is 48.0 cm³/mol. The van der Waals surface area contributed by atoms with E-state index in [1.54, 1.807) is 0 Å². The Hall–Kier alpha value is -0.990. The van der Waals surface area contributed by atoms with Crippen LogP contribution in [0.15, 0.2) is 5.38 Å². The van der Waals surface area contributed by atoms with Crippen molar-refractivity contribution in [3.63, 3.8) is 0 Å². The molecule has 0 aromatic carbocycles. The Morgan fingerprint density at radius 3 is 3.00 bits per heavy atom. The van der Waals surface area contributed by atoms with E-state index in [0.29, 0.717) is 5.82 Å². The third-order valence-electron chi connectivity index (χ3n) is 1.09. The molecule has 6 nitrogen and oxygen atoms in total. The van der Waals surface area contributed by atoms with Gasteiger partial charge in [-0.15, -0.1) is 11.3 Å². The molecular weight excluding hydrogens is 214 g/mol. The van der Waals surface area contributed by atoms with Crippen molar-refractivity contribution in [2.75, 3.05) is 11.2 Å². The van der Waals surface area contributed by atoms with Gasteiger partial charge in [-0.25, -0.2) is 4.98 Å². The van der Waals surface area contributed by atoms with Gasteiger partial charge in [0, 0.05) is 5.38 Å². The molecule has 0 bridgehead atoms. The fourth-order valence-electron chi connectivity index (χ4n) is 0.601. The molecule has 0 saturated heterocycles. The summed E-state index contributed by atoms with van der Waals surface area (Å²) in [6, 6.07) is 0. The number of rotatable bonds is 4. The highest BCUT2D eigenvalue weighted by Gasteiger charge is 2.05. The van der Waals surface area contributed by atoms with Gasteiger partial charge in [0.1, 0.15) is 5.82 Å². The molecular formula is C5H6N3O3S2-. The number of carbonyl (C=O) groups is 1. The summed E-state index contributed by atoms with van der Waals surface area (Å²) in [4.78, 5) is 14.3. The molecule has 3 N–H and O–H groups in total. The van der Waals surface area contributed by atoms with E-state index >= 15 is 0 Å². The lowest BCUT2D eigenvalue weighted by atomic mass is 10.6. The SMILES string of the molecule is NC(=O)c1nc(NCS(=O)[O-])cs1. The third kappa shape index (κ3) is 3.09. The van der Waals surface area contributed by atoms with E-state index in [4.69, 9.17) is 5.73 Å². The summed E-state index contributed by atoms with van der Waals surface area (Å²) in [5.41, 5.74) is 4.94. The number of carbonyl (C=O) groups excluding carboxylic acids is 1. The number of amides is 1. The molecule has 0 fully saturated rings. The van der Waals surface area contributed by atoms with Gasteiger partial charge in [-0.3, -0.25) is 9.00 Å². The third-order valence-corrected chi connectivity index (χ3v) is 2.32. The first kappa shape index (κ1) is 10.1. The van der Waals surface area contributed by atoms with Crippen molar-refractivity contribution >= 4 is 34.1 Å². The van der Waals surface area contributed by atoms with Crippen molar-refractivity contribution in [1.82, 2.24) is 4.98 Å². The Labute approximate surface area is 80.5 Å². The van der Waals surface area contributed by atoms with Crippen molar-refractivity contribution in [2.45, 2.75) is 0 Å². The molecule has 1 amide bonds. The average molecular weight is 220 g/mol. The lowest BCUT2D eigenvalue weighted by Crippen LogP contribution is -2.11. The highest BCUT2D eigenvalue weighted by atomic mass is 32.2. The van der Waals surface area contributed by atoms with Crippen LogP contribution in [0.2, 0.25) is 0 Å². The molecule has 13 heavy (non-hydrogen) atoms. The molecule has 0 radical (unpaired) electrons. The fraction of sp³-hybridized carbons (Fsp3) is 0.200. The molecule has 1 rings (SSSR count). The van der Waals surface area contributed by atoms with Gasteiger partial charge in [-0.05, 0) is 11.1 Å². The number of hydrogen-bond acceptors (Lipinski definition) is 6. The van der Waals surface area contributed by atoms with Gasteiger partial charge in [0.25, 0.3) is 5.91 Å². The molecule has 8 heteroatoms. The Morgan fingerprint density at radius 1 is 1.85 bits per heavy atom. The Kier molecular flexibility index (Phi) is 3.34. The maximum absolute atomic E-state index is 10.6. The molecule has 0 aliphatic heterocycles. The number of aromatic nitrogens is 1. The Balaban J connectivity index is 2.59. The van der Waals surface area contributed by atoms with Crippen LogP contribution in [0.4, 0.5) is 5.82 Å². The summed E-state index contributed by atoms with van der Waals surface area (Å²) in [7, 11) is 0. The van der Waals surface area contributed by atoms with Gasteiger partial charge in [0.2, 0.25) is 0 Å². The molecule has 1 heterocycles. The summed E-state index contributed by atoms with van der Waals surface area (Å²) >= 11 is -1.12. The van der Waals surface area contributed by atoms with Gasteiger partial charge in [0.15, 0.2) is 5.01 Å². The highest BCUT2D eigenvalue weighted by molar-refractivity contribution is 7.79. The summed E-state index contributed by atoms with van der Waals surface area (Å²) in [6.07, 6.45) is 0. The van der Waals surface area contributed by atoms with Crippen LogP contribution < -0.4 is 11.1 Å². The smallest absolute Gasteiger partial charge is 0.277 e. The highest BCUT2D eigenvalue weighted by Crippen LogP contribution is 2.12. The summed E-state index contributed by atoms with van der Waals surface area (Å²) in [6.45, 7) is 0. The van der Waals surface area contributed by atoms with E-state index in [1.165, 1.54) is 5.38 Å². The first-order chi connectivity index (χ1) is 6.09. The molecule has 0 spiro atoms. The lowest BCUT2D eigenvalue weighted by Gasteiger charge is -2.04. The van der Waals surface area contributed by atoms with Crippen LogP contribution in [0, 0.1) is 0 Å². The topological polar surface area (TPSA) is 108 Å². The standard InChI is InChI=1S/C5H7N3O3S2/c6-4(9)5-8-3(1-12-5)7-2-13(10)11/h1,7H,2H2,(H2,6,9)(H,10,11)/p-1. The molecule has 1 atom stereocenters. The number of nitrogens with one attached hydrogen (secondary N) is 1. The Bertz CT molecular complexity index is 338. The van der Waals surface area contributed by atoms with Crippen molar-refractivity contribution in [2.24, 2.45) is 5.73 Å². The zero-order valence-corrected chi connectivity index (χ0v) is 7.98. The van der Waals surface area contributed by atoms with Crippen LogP contribution in [0.25, 0.3) is 0 Å². The van der Waals surface area contributed by atoms with E-state index in [1.807, 2.05) is 0 Å². The maximum atomic E-state index is 10.6. The second-order valence-electron chi connectivity index (χ2n) is 2.03. The van der Waals surface area contributed by atoms with Crippen molar-refractivity contribution < 1.29 is 13.6 Å². The van der Waals surface area contributed by atoms with E-state index in [2.05, 4.69) is 10.3 Å². The molecule has 0 aliphatic rings. The number of thiazole rings is 1. The molecule has 0 saturated carbocycles. The predicted octanol–water partition coefficient (Wildman–Crippen LogP) is -0.510. The molecule has 1 unspecified atom stereocenters. The van der Waals surface area contributed by atoms with E-state index < -0.39 is 17.0 Å². The number of anilines is 1. The minimum Gasteiger partial charge on any atom is -0.771 e. The Morgan fingerprint density at radius 2 is 2.54 bits per heavy atom. The molecule has 72 valence electrons.